The monoisotopic (exact) mass is 686 g/mol. The molecule has 0 fully saturated rings. The van der Waals surface area contributed by atoms with Crippen molar-refractivity contribution in [2.45, 2.75) is 32.5 Å². The van der Waals surface area contributed by atoms with Gasteiger partial charge in [0.15, 0.2) is 6.61 Å². The predicted octanol–water partition coefficient (Wildman–Crippen LogP) is 7.25. The lowest BCUT2D eigenvalue weighted by Crippen LogP contribution is -2.46. The minimum Gasteiger partial charge on any atom is -0.483 e. The normalized spacial score (nSPS) is 15.9. The molecule has 2 atom stereocenters. The van der Waals surface area contributed by atoms with Gasteiger partial charge in [0, 0.05) is 72.7 Å². The van der Waals surface area contributed by atoms with E-state index in [-0.39, 0.29) is 47.0 Å². The number of carbonyl (C=O) groups excluding carboxylic acids is 2. The molecular weight excluding hydrogens is 653 g/mol. The van der Waals surface area contributed by atoms with Gasteiger partial charge in [-0.2, -0.15) is 5.10 Å². The molecule has 7 rings (SSSR count). The lowest BCUT2D eigenvalue weighted by atomic mass is 9.94. The number of halogens is 3. The minimum atomic E-state index is -1.03. The molecule has 0 radical (unpaired) electrons. The molecule has 5 heterocycles. The maximum Gasteiger partial charge on any atom is 0.257 e. The van der Waals surface area contributed by atoms with Gasteiger partial charge in [-0.1, -0.05) is 12.6 Å². The Kier molecular flexibility index (Phi) is 8.02. The fourth-order valence-corrected chi connectivity index (χ4v) is 7.59. The standard InChI is InChI=1S/C36H31F3N6O3S.H2/c1-6-30(47)45-18(2)15-44-27(19(45)3)14-25(42-44)35-33(31-23(38)12-22(37)13-28(31)48-16-29(46)40-4)32-24(39)17-49-36(32)34(41-35)21-7-8-26-20(11-21)9-10-43(26)5;/h6-14,17-19H,1,15-16H2,2-5H3,(H,40,46);1H/t18-,19+;/m0./s1. The van der Waals surface area contributed by atoms with E-state index in [4.69, 9.17) is 14.8 Å². The molecule has 0 saturated carbocycles. The van der Waals surface area contributed by atoms with E-state index in [0.717, 1.165) is 28.3 Å². The number of pyridine rings is 1. The summed E-state index contributed by atoms with van der Waals surface area (Å²) in [6.07, 6.45) is 3.20. The lowest BCUT2D eigenvalue weighted by Gasteiger charge is -2.38. The van der Waals surface area contributed by atoms with E-state index < -0.39 is 36.0 Å². The summed E-state index contributed by atoms with van der Waals surface area (Å²) in [5.74, 6) is -3.69. The highest BCUT2D eigenvalue weighted by Gasteiger charge is 2.35. The Hall–Kier alpha value is -5.43. The van der Waals surface area contributed by atoms with Gasteiger partial charge in [0.1, 0.15) is 34.6 Å². The Balaban J connectivity index is 0.00000432. The van der Waals surface area contributed by atoms with E-state index in [2.05, 4.69) is 11.9 Å². The fourth-order valence-electron chi connectivity index (χ4n) is 6.66. The van der Waals surface area contributed by atoms with Crippen molar-refractivity contribution in [1.29, 1.82) is 0 Å². The van der Waals surface area contributed by atoms with Crippen molar-refractivity contribution in [3.63, 3.8) is 0 Å². The number of aryl methyl sites for hydroxylation is 1. The molecule has 0 spiro atoms. The number of hydrogen-bond acceptors (Lipinski definition) is 6. The number of benzene rings is 2. The highest BCUT2D eigenvalue weighted by Crippen LogP contribution is 2.48. The predicted molar refractivity (Wildman–Crippen MR) is 185 cm³/mol. The molecule has 252 valence electrons. The van der Waals surface area contributed by atoms with Crippen LogP contribution in [0.1, 0.15) is 27.0 Å². The van der Waals surface area contributed by atoms with Crippen LogP contribution in [0, 0.1) is 17.5 Å². The van der Waals surface area contributed by atoms with E-state index in [9.17, 15) is 14.0 Å². The van der Waals surface area contributed by atoms with Crippen molar-refractivity contribution in [3.8, 4) is 39.5 Å². The molecule has 9 nitrogen and oxygen atoms in total. The third-order valence-electron chi connectivity index (χ3n) is 8.98. The highest BCUT2D eigenvalue weighted by molar-refractivity contribution is 7.17. The molecule has 2 amide bonds. The van der Waals surface area contributed by atoms with Gasteiger partial charge in [0.2, 0.25) is 5.91 Å². The fraction of sp³-hybridized carbons (Fsp3) is 0.222. The number of rotatable bonds is 7. The SMILES string of the molecule is C=CC(=O)N1[C@H](C)c2cc(-c3nc(-c4ccc5c(ccn5C)c4)c4scc(F)c4c3-c3c(F)cc(F)cc3OCC(=O)NC)nn2C[C@@H]1C.[HH]. The summed E-state index contributed by atoms with van der Waals surface area (Å²) in [4.78, 5) is 31.7. The first-order chi connectivity index (χ1) is 23.5. The number of thiophene rings is 1. The number of carbonyl (C=O) groups is 2. The van der Waals surface area contributed by atoms with E-state index in [1.807, 2.05) is 55.9 Å². The van der Waals surface area contributed by atoms with Gasteiger partial charge in [-0.25, -0.2) is 18.2 Å². The van der Waals surface area contributed by atoms with E-state index in [0.29, 0.717) is 34.3 Å². The third kappa shape index (κ3) is 5.34. The molecule has 49 heavy (non-hydrogen) atoms. The molecule has 0 aliphatic carbocycles. The Morgan fingerprint density at radius 3 is 2.65 bits per heavy atom. The summed E-state index contributed by atoms with van der Waals surface area (Å²) < 4.78 is 56.9. The number of hydrogen-bond donors (Lipinski definition) is 1. The van der Waals surface area contributed by atoms with Crippen LogP contribution in [-0.2, 0) is 23.2 Å². The first-order valence-corrected chi connectivity index (χ1v) is 16.4. The second-order valence-corrected chi connectivity index (χ2v) is 12.9. The van der Waals surface area contributed by atoms with Crippen LogP contribution in [0.25, 0.3) is 54.8 Å². The quantitative estimate of drug-likeness (QED) is 0.179. The maximum atomic E-state index is 16.2. The van der Waals surface area contributed by atoms with Crippen LogP contribution >= 0.6 is 11.3 Å². The van der Waals surface area contributed by atoms with Gasteiger partial charge in [-0.3, -0.25) is 14.3 Å². The molecule has 1 aliphatic heterocycles. The van der Waals surface area contributed by atoms with E-state index >= 15 is 8.78 Å². The van der Waals surface area contributed by atoms with Gasteiger partial charge in [0.05, 0.1) is 34.2 Å². The molecule has 0 unspecified atom stereocenters. The first-order valence-electron chi connectivity index (χ1n) is 15.5. The lowest BCUT2D eigenvalue weighted by molar-refractivity contribution is -0.132. The summed E-state index contributed by atoms with van der Waals surface area (Å²) in [7, 11) is 3.34. The molecule has 6 aromatic rings. The molecule has 2 aromatic carbocycles. The summed E-state index contributed by atoms with van der Waals surface area (Å²) in [6.45, 7) is 7.23. The van der Waals surface area contributed by atoms with Gasteiger partial charge < -0.3 is 19.5 Å². The summed E-state index contributed by atoms with van der Waals surface area (Å²) in [6, 6.07) is 10.5. The first kappa shape index (κ1) is 32.1. The number of aromatic nitrogens is 4. The van der Waals surface area contributed by atoms with Gasteiger partial charge in [0.25, 0.3) is 5.91 Å². The van der Waals surface area contributed by atoms with Crippen LogP contribution in [0.15, 0.2) is 66.7 Å². The van der Waals surface area contributed by atoms with Crippen molar-refractivity contribution < 1.29 is 28.9 Å². The van der Waals surface area contributed by atoms with Gasteiger partial charge in [-0.05, 0) is 44.2 Å². The van der Waals surface area contributed by atoms with Crippen molar-refractivity contribution in [2.75, 3.05) is 13.7 Å². The van der Waals surface area contributed by atoms with Crippen molar-refractivity contribution in [3.05, 3.63) is 89.8 Å². The van der Waals surface area contributed by atoms with Gasteiger partial charge in [-0.15, -0.1) is 11.3 Å². The van der Waals surface area contributed by atoms with Crippen LogP contribution < -0.4 is 10.1 Å². The molecular formula is C36H33F3N6O3S. The number of nitrogens with zero attached hydrogens (tertiary/aromatic N) is 5. The van der Waals surface area contributed by atoms with E-state index in [1.165, 1.54) is 18.5 Å². The van der Waals surface area contributed by atoms with Crippen LogP contribution in [0.2, 0.25) is 0 Å². The van der Waals surface area contributed by atoms with Crippen molar-refractivity contribution in [1.82, 2.24) is 29.5 Å². The highest BCUT2D eigenvalue weighted by atomic mass is 32.1. The zero-order valence-electron chi connectivity index (χ0n) is 27.1. The van der Waals surface area contributed by atoms with Crippen LogP contribution in [0.3, 0.4) is 0 Å². The van der Waals surface area contributed by atoms with Gasteiger partial charge >= 0.3 is 0 Å². The van der Waals surface area contributed by atoms with Crippen LogP contribution in [0.5, 0.6) is 5.75 Å². The molecule has 0 bridgehead atoms. The van der Waals surface area contributed by atoms with Crippen LogP contribution in [0.4, 0.5) is 13.2 Å². The Morgan fingerprint density at radius 1 is 1.10 bits per heavy atom. The number of nitrogens with one attached hydrogen (secondary N) is 1. The second-order valence-electron chi connectivity index (χ2n) is 12.0. The van der Waals surface area contributed by atoms with Crippen molar-refractivity contribution >= 4 is 44.1 Å². The maximum absolute atomic E-state index is 16.2. The minimum absolute atomic E-state index is 0. The zero-order valence-corrected chi connectivity index (χ0v) is 27.9. The molecule has 4 aromatic heterocycles. The molecule has 0 saturated heterocycles. The average Bonchev–Trinajstić information content (AvgIpc) is 3.79. The summed E-state index contributed by atoms with van der Waals surface area (Å²) >= 11 is 1.11. The Morgan fingerprint density at radius 2 is 1.90 bits per heavy atom. The third-order valence-corrected chi connectivity index (χ3v) is 9.93. The Labute approximate surface area is 284 Å². The topological polar surface area (TPSA) is 94.3 Å². The van der Waals surface area contributed by atoms with Crippen LogP contribution in [-0.4, -0.2) is 55.7 Å². The smallest absolute Gasteiger partial charge is 0.257 e. The zero-order chi connectivity index (χ0) is 34.7. The molecule has 1 aliphatic rings. The average molecular weight is 687 g/mol. The molecule has 13 heteroatoms. The number of likely N-dealkylation sites (N-methyl/N-ethyl adjacent to an activating group) is 1. The molecule has 1 N–H and O–H groups in total. The second kappa shape index (κ2) is 12.2. The summed E-state index contributed by atoms with van der Waals surface area (Å²) in [5, 5.41) is 9.59. The van der Waals surface area contributed by atoms with Crippen molar-refractivity contribution in [2.24, 2.45) is 7.05 Å². The Bertz CT molecular complexity index is 2330. The largest absolute Gasteiger partial charge is 0.483 e. The van der Waals surface area contributed by atoms with E-state index in [1.54, 1.807) is 15.6 Å². The summed E-state index contributed by atoms with van der Waals surface area (Å²) in [5.41, 5.74) is 2.95. The number of fused-ring (bicyclic) bond motifs is 3. The number of amides is 2. The number of ether oxygens (including phenoxy) is 1.